The van der Waals surface area contributed by atoms with Gasteiger partial charge >= 0.3 is 5.97 Å². The Morgan fingerprint density at radius 3 is 2.37 bits per heavy atom. The molecule has 2 N–H and O–H groups in total. The lowest BCUT2D eigenvalue weighted by molar-refractivity contribution is -0.119. The highest BCUT2D eigenvalue weighted by molar-refractivity contribution is 7.80. The SMILES string of the molecule is CCOC(=O)c1cc(-c2ccccc2)sc1NC(=S)NC(=O)CCc1ccccc1. The number of amides is 1. The molecule has 0 spiro atoms. The van der Waals surface area contributed by atoms with E-state index in [-0.39, 0.29) is 17.6 Å². The lowest BCUT2D eigenvalue weighted by atomic mass is 10.1. The first-order valence-corrected chi connectivity index (χ1v) is 10.8. The summed E-state index contributed by atoms with van der Waals surface area (Å²) in [6, 6.07) is 21.3. The highest BCUT2D eigenvalue weighted by Gasteiger charge is 2.19. The molecule has 3 aromatic rings. The van der Waals surface area contributed by atoms with Crippen LogP contribution in [0.2, 0.25) is 0 Å². The second kappa shape index (κ2) is 10.7. The number of aryl methyl sites for hydroxylation is 1. The highest BCUT2D eigenvalue weighted by Crippen LogP contribution is 2.35. The van der Waals surface area contributed by atoms with Crippen molar-refractivity contribution in [1.29, 1.82) is 0 Å². The van der Waals surface area contributed by atoms with E-state index in [1.807, 2.05) is 60.7 Å². The first-order valence-electron chi connectivity index (χ1n) is 9.58. The van der Waals surface area contributed by atoms with E-state index in [4.69, 9.17) is 17.0 Å². The van der Waals surface area contributed by atoms with Crippen LogP contribution in [0.3, 0.4) is 0 Å². The van der Waals surface area contributed by atoms with Crippen LogP contribution < -0.4 is 10.6 Å². The van der Waals surface area contributed by atoms with E-state index < -0.39 is 5.97 Å². The van der Waals surface area contributed by atoms with E-state index in [0.29, 0.717) is 23.4 Å². The number of carbonyl (C=O) groups is 2. The number of ether oxygens (including phenoxy) is 1. The molecule has 0 fully saturated rings. The monoisotopic (exact) mass is 438 g/mol. The first-order chi connectivity index (χ1) is 14.6. The molecule has 3 rings (SSSR count). The van der Waals surface area contributed by atoms with Crippen molar-refractivity contribution >= 4 is 45.5 Å². The van der Waals surface area contributed by atoms with Crippen LogP contribution in [-0.4, -0.2) is 23.6 Å². The van der Waals surface area contributed by atoms with E-state index in [2.05, 4.69) is 10.6 Å². The minimum Gasteiger partial charge on any atom is -0.462 e. The summed E-state index contributed by atoms with van der Waals surface area (Å²) in [6.45, 7) is 2.03. The lowest BCUT2D eigenvalue weighted by Gasteiger charge is -2.10. The molecule has 2 aromatic carbocycles. The number of anilines is 1. The number of benzene rings is 2. The third kappa shape index (κ3) is 5.98. The molecule has 0 saturated carbocycles. The molecule has 0 unspecified atom stereocenters. The summed E-state index contributed by atoms with van der Waals surface area (Å²) in [5.74, 6) is -0.620. The van der Waals surface area contributed by atoms with Crippen molar-refractivity contribution in [3.8, 4) is 10.4 Å². The van der Waals surface area contributed by atoms with Crippen LogP contribution >= 0.6 is 23.6 Å². The molecular weight excluding hydrogens is 416 g/mol. The van der Waals surface area contributed by atoms with Gasteiger partial charge in [0.15, 0.2) is 5.11 Å². The molecule has 0 aliphatic heterocycles. The quantitative estimate of drug-likeness (QED) is 0.400. The smallest absolute Gasteiger partial charge is 0.341 e. The van der Waals surface area contributed by atoms with Gasteiger partial charge in [0, 0.05) is 11.3 Å². The van der Waals surface area contributed by atoms with Gasteiger partial charge in [-0.15, -0.1) is 11.3 Å². The third-order valence-corrected chi connectivity index (χ3v) is 5.55. The Morgan fingerprint density at radius 1 is 1.03 bits per heavy atom. The Bertz CT molecular complexity index is 1020. The fourth-order valence-corrected chi connectivity index (χ4v) is 4.15. The van der Waals surface area contributed by atoms with Crippen molar-refractivity contribution in [2.45, 2.75) is 19.8 Å². The van der Waals surface area contributed by atoms with Crippen molar-refractivity contribution in [2.75, 3.05) is 11.9 Å². The third-order valence-electron chi connectivity index (χ3n) is 4.25. The number of thiophene rings is 1. The molecule has 1 heterocycles. The minimum absolute atomic E-state index is 0.153. The van der Waals surface area contributed by atoms with Gasteiger partial charge in [0.05, 0.1) is 12.2 Å². The maximum absolute atomic E-state index is 12.4. The van der Waals surface area contributed by atoms with Gasteiger partial charge in [-0.2, -0.15) is 0 Å². The molecule has 0 radical (unpaired) electrons. The molecular formula is C23H22N2O3S2. The van der Waals surface area contributed by atoms with Gasteiger partial charge in [-0.1, -0.05) is 60.7 Å². The van der Waals surface area contributed by atoms with E-state index >= 15 is 0 Å². The van der Waals surface area contributed by atoms with Crippen LogP contribution in [0.4, 0.5) is 5.00 Å². The van der Waals surface area contributed by atoms with E-state index in [9.17, 15) is 9.59 Å². The second-order valence-corrected chi connectivity index (χ2v) is 7.89. The van der Waals surface area contributed by atoms with Crippen LogP contribution in [-0.2, 0) is 16.0 Å². The van der Waals surface area contributed by atoms with Crippen molar-refractivity contribution < 1.29 is 14.3 Å². The maximum atomic E-state index is 12.4. The maximum Gasteiger partial charge on any atom is 0.341 e. The summed E-state index contributed by atoms with van der Waals surface area (Å²) in [7, 11) is 0. The summed E-state index contributed by atoms with van der Waals surface area (Å²) < 4.78 is 5.17. The normalized spacial score (nSPS) is 10.3. The molecule has 0 aliphatic carbocycles. The Labute approximate surface area is 185 Å². The zero-order valence-electron chi connectivity index (χ0n) is 16.5. The van der Waals surface area contributed by atoms with Crippen LogP contribution in [0.1, 0.15) is 29.3 Å². The fraction of sp³-hybridized carbons (Fsp3) is 0.174. The number of nitrogens with one attached hydrogen (secondary N) is 2. The van der Waals surface area contributed by atoms with Crippen molar-refractivity contribution in [3.05, 3.63) is 77.9 Å². The van der Waals surface area contributed by atoms with Crippen LogP contribution in [0.5, 0.6) is 0 Å². The predicted octanol–water partition coefficient (Wildman–Crippen LogP) is 5.04. The van der Waals surface area contributed by atoms with E-state index in [1.54, 1.807) is 13.0 Å². The topological polar surface area (TPSA) is 67.4 Å². The van der Waals surface area contributed by atoms with Gasteiger partial charge in [-0.05, 0) is 42.8 Å². The minimum atomic E-state index is -0.434. The fourth-order valence-electron chi connectivity index (χ4n) is 2.82. The molecule has 154 valence electrons. The molecule has 0 atom stereocenters. The van der Waals surface area contributed by atoms with Gasteiger partial charge in [0.1, 0.15) is 5.00 Å². The Morgan fingerprint density at radius 2 is 1.70 bits per heavy atom. The molecule has 1 aromatic heterocycles. The van der Waals surface area contributed by atoms with E-state index in [1.165, 1.54) is 11.3 Å². The Balaban J connectivity index is 1.67. The highest BCUT2D eigenvalue weighted by atomic mass is 32.1. The first kappa shape index (κ1) is 21.7. The number of hydrogen-bond acceptors (Lipinski definition) is 5. The molecule has 0 saturated heterocycles. The second-order valence-electron chi connectivity index (χ2n) is 6.43. The van der Waals surface area contributed by atoms with Crippen LogP contribution in [0, 0.1) is 0 Å². The Hall–Kier alpha value is -3.03. The number of carbonyl (C=O) groups excluding carboxylic acids is 2. The molecule has 0 aliphatic rings. The number of thiocarbonyl (C=S) groups is 1. The standard InChI is InChI=1S/C23H22N2O3S2/c1-2-28-22(27)18-15-19(17-11-7-4-8-12-17)30-21(18)25-23(29)24-20(26)14-13-16-9-5-3-6-10-16/h3-12,15H,2,13-14H2,1H3,(H2,24,25,26,29). The van der Waals surface area contributed by atoms with Gasteiger partial charge in [-0.25, -0.2) is 4.79 Å². The number of rotatable bonds is 7. The molecule has 30 heavy (non-hydrogen) atoms. The molecule has 1 amide bonds. The predicted molar refractivity (Wildman–Crippen MR) is 125 cm³/mol. The summed E-state index contributed by atoms with van der Waals surface area (Å²) in [6.07, 6.45) is 0.941. The number of esters is 1. The number of hydrogen-bond donors (Lipinski definition) is 2. The largest absolute Gasteiger partial charge is 0.462 e. The average molecular weight is 439 g/mol. The average Bonchev–Trinajstić information content (AvgIpc) is 3.17. The Kier molecular flexibility index (Phi) is 7.70. The van der Waals surface area contributed by atoms with Crippen molar-refractivity contribution in [3.63, 3.8) is 0 Å². The summed E-state index contributed by atoms with van der Waals surface area (Å²) in [4.78, 5) is 25.5. The van der Waals surface area contributed by atoms with Crippen LogP contribution in [0.25, 0.3) is 10.4 Å². The summed E-state index contributed by atoms with van der Waals surface area (Å²) >= 11 is 6.67. The molecule has 7 heteroatoms. The van der Waals surface area contributed by atoms with Gasteiger partial charge in [0.2, 0.25) is 5.91 Å². The van der Waals surface area contributed by atoms with Gasteiger partial charge < -0.3 is 15.4 Å². The zero-order chi connectivity index (χ0) is 21.3. The van der Waals surface area contributed by atoms with Gasteiger partial charge in [0.25, 0.3) is 0 Å². The summed E-state index contributed by atoms with van der Waals surface area (Å²) in [5.41, 5.74) is 2.46. The zero-order valence-corrected chi connectivity index (χ0v) is 18.1. The van der Waals surface area contributed by atoms with Crippen molar-refractivity contribution in [2.24, 2.45) is 0 Å². The lowest BCUT2D eigenvalue weighted by Crippen LogP contribution is -2.34. The van der Waals surface area contributed by atoms with Gasteiger partial charge in [-0.3, -0.25) is 4.79 Å². The molecule has 0 bridgehead atoms. The van der Waals surface area contributed by atoms with Crippen LogP contribution in [0.15, 0.2) is 66.7 Å². The van der Waals surface area contributed by atoms with E-state index in [0.717, 1.165) is 16.0 Å². The summed E-state index contributed by atoms with van der Waals surface area (Å²) in [5, 5.41) is 6.36. The van der Waals surface area contributed by atoms with Crippen molar-refractivity contribution in [1.82, 2.24) is 5.32 Å². The molecule has 5 nitrogen and oxygen atoms in total.